The summed E-state index contributed by atoms with van der Waals surface area (Å²) in [5.74, 6) is 1.48. The Bertz CT molecular complexity index is 345. The Kier molecular flexibility index (Phi) is 4.36. The number of nitrogens with two attached hydrogens (primary N) is 1. The van der Waals surface area contributed by atoms with Crippen LogP contribution >= 0.6 is 0 Å². The number of hydrogen-bond donors (Lipinski definition) is 1. The molecule has 1 aromatic rings. The van der Waals surface area contributed by atoms with Gasteiger partial charge in [0.1, 0.15) is 11.9 Å². The molecule has 0 fully saturated rings. The zero-order valence-electron chi connectivity index (χ0n) is 10.9. The molecule has 90 valence electrons. The van der Waals surface area contributed by atoms with Crippen LogP contribution in [0.3, 0.4) is 0 Å². The van der Waals surface area contributed by atoms with Crippen LogP contribution in [0, 0.1) is 6.92 Å². The monoisotopic (exact) mass is 221 g/mol. The number of benzene rings is 1. The van der Waals surface area contributed by atoms with Gasteiger partial charge in [-0.2, -0.15) is 0 Å². The van der Waals surface area contributed by atoms with Crippen molar-refractivity contribution in [3.63, 3.8) is 0 Å². The summed E-state index contributed by atoms with van der Waals surface area (Å²) < 4.78 is 5.87. The third-order valence-electron chi connectivity index (χ3n) is 2.93. The van der Waals surface area contributed by atoms with E-state index < -0.39 is 0 Å². The van der Waals surface area contributed by atoms with Gasteiger partial charge in [0.25, 0.3) is 0 Å². The van der Waals surface area contributed by atoms with Gasteiger partial charge in [0, 0.05) is 6.04 Å². The Labute approximate surface area is 98.8 Å². The highest BCUT2D eigenvalue weighted by Crippen LogP contribution is 2.25. The second-order valence-corrected chi connectivity index (χ2v) is 4.86. The molecule has 2 N–H and O–H groups in total. The van der Waals surface area contributed by atoms with E-state index in [-0.39, 0.29) is 12.1 Å². The molecule has 0 aromatic heterocycles. The maximum Gasteiger partial charge on any atom is 0.122 e. The van der Waals surface area contributed by atoms with Gasteiger partial charge in [-0.25, -0.2) is 0 Å². The third kappa shape index (κ3) is 3.24. The smallest absolute Gasteiger partial charge is 0.122 e. The quantitative estimate of drug-likeness (QED) is 0.847. The van der Waals surface area contributed by atoms with Crippen LogP contribution in [-0.2, 0) is 0 Å². The Hall–Kier alpha value is -1.02. The van der Waals surface area contributed by atoms with Crippen molar-refractivity contribution in [3.05, 3.63) is 29.3 Å². The Morgan fingerprint density at radius 2 is 1.75 bits per heavy atom. The summed E-state index contributed by atoms with van der Waals surface area (Å²) in [6.07, 6.45) is 0.0427. The van der Waals surface area contributed by atoms with Gasteiger partial charge in [-0.05, 0) is 43.9 Å². The highest BCUT2D eigenvalue weighted by atomic mass is 16.5. The fourth-order valence-electron chi connectivity index (χ4n) is 1.41. The molecule has 1 unspecified atom stereocenters. The van der Waals surface area contributed by atoms with Crippen molar-refractivity contribution >= 4 is 0 Å². The minimum absolute atomic E-state index is 0.0427. The largest absolute Gasteiger partial charge is 0.489 e. The van der Waals surface area contributed by atoms with E-state index in [1.807, 2.05) is 13.8 Å². The van der Waals surface area contributed by atoms with Crippen molar-refractivity contribution in [2.75, 3.05) is 0 Å². The lowest BCUT2D eigenvalue weighted by molar-refractivity contribution is 0.195. The fourth-order valence-corrected chi connectivity index (χ4v) is 1.41. The fraction of sp³-hybridized carbons (Fsp3) is 0.571. The number of aryl methyl sites for hydroxylation is 1. The van der Waals surface area contributed by atoms with Crippen LogP contribution in [0.4, 0.5) is 0 Å². The van der Waals surface area contributed by atoms with Crippen LogP contribution in [0.2, 0.25) is 0 Å². The number of hydrogen-bond acceptors (Lipinski definition) is 2. The molecule has 1 aromatic carbocycles. The summed E-state index contributed by atoms with van der Waals surface area (Å²) in [5.41, 5.74) is 8.27. The molecule has 2 heteroatoms. The molecular weight excluding hydrogens is 198 g/mol. The second-order valence-electron chi connectivity index (χ2n) is 4.86. The SMILES string of the molecule is Cc1ccc(C(C)C)cc1OC(C)[C@@H](C)N. The zero-order valence-corrected chi connectivity index (χ0v) is 10.9. The van der Waals surface area contributed by atoms with E-state index in [2.05, 4.69) is 39.0 Å². The average Bonchev–Trinajstić information content (AvgIpc) is 2.20. The van der Waals surface area contributed by atoms with E-state index in [0.717, 1.165) is 11.3 Å². The van der Waals surface area contributed by atoms with Gasteiger partial charge in [-0.3, -0.25) is 0 Å². The van der Waals surface area contributed by atoms with Crippen LogP contribution in [0.5, 0.6) is 5.75 Å². The van der Waals surface area contributed by atoms with Gasteiger partial charge in [-0.1, -0.05) is 26.0 Å². The Balaban J connectivity index is 2.90. The molecule has 0 radical (unpaired) electrons. The summed E-state index contributed by atoms with van der Waals surface area (Å²) in [6, 6.07) is 6.43. The van der Waals surface area contributed by atoms with Crippen LogP contribution in [-0.4, -0.2) is 12.1 Å². The van der Waals surface area contributed by atoms with Crippen molar-refractivity contribution < 1.29 is 4.74 Å². The van der Waals surface area contributed by atoms with Crippen molar-refractivity contribution in [1.29, 1.82) is 0 Å². The molecule has 0 saturated heterocycles. The summed E-state index contributed by atoms with van der Waals surface area (Å²) >= 11 is 0. The molecule has 0 bridgehead atoms. The first-order chi connectivity index (χ1) is 7.41. The lowest BCUT2D eigenvalue weighted by Gasteiger charge is -2.20. The number of rotatable bonds is 4. The lowest BCUT2D eigenvalue weighted by atomic mass is 10.0. The van der Waals surface area contributed by atoms with Gasteiger partial charge in [0.15, 0.2) is 0 Å². The number of ether oxygens (including phenoxy) is 1. The van der Waals surface area contributed by atoms with Crippen LogP contribution < -0.4 is 10.5 Å². The van der Waals surface area contributed by atoms with Crippen LogP contribution in [0.1, 0.15) is 44.7 Å². The van der Waals surface area contributed by atoms with Gasteiger partial charge in [-0.15, -0.1) is 0 Å². The molecule has 0 heterocycles. The highest BCUT2D eigenvalue weighted by molar-refractivity contribution is 5.37. The van der Waals surface area contributed by atoms with Crippen molar-refractivity contribution in [3.8, 4) is 5.75 Å². The van der Waals surface area contributed by atoms with E-state index in [9.17, 15) is 0 Å². The molecule has 0 saturated carbocycles. The summed E-state index contributed by atoms with van der Waals surface area (Å²) in [6.45, 7) is 10.4. The lowest BCUT2D eigenvalue weighted by Crippen LogP contribution is -2.33. The minimum Gasteiger partial charge on any atom is -0.489 e. The topological polar surface area (TPSA) is 35.2 Å². The van der Waals surface area contributed by atoms with E-state index in [0.29, 0.717) is 5.92 Å². The zero-order chi connectivity index (χ0) is 12.3. The van der Waals surface area contributed by atoms with Crippen LogP contribution in [0.25, 0.3) is 0 Å². The summed E-state index contributed by atoms with van der Waals surface area (Å²) in [4.78, 5) is 0. The first kappa shape index (κ1) is 13.0. The molecule has 0 spiro atoms. The molecule has 0 aliphatic heterocycles. The first-order valence-electron chi connectivity index (χ1n) is 5.94. The molecule has 2 atom stereocenters. The van der Waals surface area contributed by atoms with Crippen LogP contribution in [0.15, 0.2) is 18.2 Å². The van der Waals surface area contributed by atoms with Gasteiger partial charge in [0.05, 0.1) is 0 Å². The van der Waals surface area contributed by atoms with Gasteiger partial charge >= 0.3 is 0 Å². The normalized spacial score (nSPS) is 14.9. The van der Waals surface area contributed by atoms with Crippen molar-refractivity contribution in [2.24, 2.45) is 5.73 Å². The Morgan fingerprint density at radius 3 is 2.25 bits per heavy atom. The van der Waals surface area contributed by atoms with Crippen molar-refractivity contribution in [1.82, 2.24) is 0 Å². The predicted octanol–water partition coefficient (Wildman–Crippen LogP) is 3.23. The average molecular weight is 221 g/mol. The highest BCUT2D eigenvalue weighted by Gasteiger charge is 2.11. The second kappa shape index (κ2) is 5.35. The predicted molar refractivity (Wildman–Crippen MR) is 69.0 cm³/mol. The Morgan fingerprint density at radius 1 is 1.12 bits per heavy atom. The molecule has 0 amide bonds. The van der Waals surface area contributed by atoms with Gasteiger partial charge < -0.3 is 10.5 Å². The molecule has 1 rings (SSSR count). The minimum atomic E-state index is 0.0427. The first-order valence-corrected chi connectivity index (χ1v) is 5.94. The molecule has 0 aliphatic rings. The van der Waals surface area contributed by atoms with E-state index in [4.69, 9.17) is 10.5 Å². The van der Waals surface area contributed by atoms with Gasteiger partial charge in [0.2, 0.25) is 0 Å². The standard InChI is InChI=1S/C14H23NO/c1-9(2)13-7-6-10(3)14(8-13)16-12(5)11(4)15/h6-9,11-12H,15H2,1-5H3/t11-,12?/m1/s1. The third-order valence-corrected chi connectivity index (χ3v) is 2.93. The van der Waals surface area contributed by atoms with E-state index >= 15 is 0 Å². The maximum absolute atomic E-state index is 5.87. The maximum atomic E-state index is 5.87. The molecule has 16 heavy (non-hydrogen) atoms. The molecule has 0 aliphatic carbocycles. The molecular formula is C14H23NO. The van der Waals surface area contributed by atoms with E-state index in [1.54, 1.807) is 0 Å². The van der Waals surface area contributed by atoms with Crippen molar-refractivity contribution in [2.45, 2.75) is 52.7 Å². The molecule has 2 nitrogen and oxygen atoms in total. The summed E-state index contributed by atoms with van der Waals surface area (Å²) in [5, 5.41) is 0. The van der Waals surface area contributed by atoms with E-state index in [1.165, 1.54) is 5.56 Å². The summed E-state index contributed by atoms with van der Waals surface area (Å²) in [7, 11) is 0.